The molecule has 4 aliphatic rings. The van der Waals surface area contributed by atoms with Crippen molar-refractivity contribution in [3.63, 3.8) is 0 Å². The van der Waals surface area contributed by atoms with Crippen LogP contribution in [0, 0.1) is 17.3 Å². The van der Waals surface area contributed by atoms with E-state index in [0.29, 0.717) is 11.8 Å². The van der Waals surface area contributed by atoms with E-state index in [1.54, 1.807) is 0 Å². The molecule has 1 saturated carbocycles. The lowest BCUT2D eigenvalue weighted by Gasteiger charge is -2.42. The maximum Gasteiger partial charge on any atom is 0.127 e. The Morgan fingerprint density at radius 3 is 2.14 bits per heavy atom. The molecule has 2 aliphatic heterocycles. The highest BCUT2D eigenvalue weighted by Gasteiger charge is 2.84. The molecule has 1 nitrogen and oxygen atoms in total. The lowest BCUT2D eigenvalue weighted by Crippen LogP contribution is -2.43. The van der Waals surface area contributed by atoms with Gasteiger partial charge in [-0.25, -0.2) is 0 Å². The summed E-state index contributed by atoms with van der Waals surface area (Å²) in [6.45, 7) is 0. The maximum atomic E-state index is 7.50. The minimum absolute atomic E-state index is 0.158. The SMILES string of the molecule is C1=CC2CC23[C@@H](CC1)[C@]1(c2ccccc2)O[C@@]3(c2ccccc2)c2ccccc21. The van der Waals surface area contributed by atoms with Gasteiger partial charge in [0.15, 0.2) is 0 Å². The molecule has 0 radical (unpaired) electrons. The van der Waals surface area contributed by atoms with E-state index in [1.165, 1.54) is 35.1 Å². The second-order valence-corrected chi connectivity index (χ2v) is 9.21. The molecule has 1 spiro atoms. The quantitative estimate of drug-likeness (QED) is 0.485. The third kappa shape index (κ3) is 1.66. The lowest BCUT2D eigenvalue weighted by molar-refractivity contribution is -0.0613. The van der Waals surface area contributed by atoms with Crippen LogP contribution in [-0.2, 0) is 15.9 Å². The van der Waals surface area contributed by atoms with E-state index in [1.807, 2.05) is 0 Å². The second-order valence-electron chi connectivity index (χ2n) is 9.21. The van der Waals surface area contributed by atoms with Gasteiger partial charge in [0.1, 0.15) is 11.2 Å². The Balaban J connectivity index is 1.61. The van der Waals surface area contributed by atoms with E-state index in [4.69, 9.17) is 4.74 Å². The predicted octanol–water partition coefficient (Wildman–Crippen LogP) is 6.19. The summed E-state index contributed by atoms with van der Waals surface area (Å²) in [4.78, 5) is 0. The normalized spacial score (nSPS) is 38.1. The van der Waals surface area contributed by atoms with Gasteiger partial charge in [0.05, 0.1) is 0 Å². The fourth-order valence-electron chi connectivity index (χ4n) is 7.27. The summed E-state index contributed by atoms with van der Waals surface area (Å²) in [5.41, 5.74) is 4.87. The van der Waals surface area contributed by atoms with E-state index >= 15 is 0 Å². The summed E-state index contributed by atoms with van der Waals surface area (Å²) >= 11 is 0. The largest absolute Gasteiger partial charge is 0.349 e. The van der Waals surface area contributed by atoms with E-state index in [-0.39, 0.29) is 16.6 Å². The highest BCUT2D eigenvalue weighted by molar-refractivity contribution is 5.61. The second kappa shape index (κ2) is 5.29. The van der Waals surface area contributed by atoms with E-state index in [0.717, 1.165) is 6.42 Å². The average molecular weight is 376 g/mol. The molecular formula is C28H24O. The fraction of sp³-hybridized carbons (Fsp3) is 0.286. The molecule has 2 fully saturated rings. The lowest BCUT2D eigenvalue weighted by atomic mass is 9.57. The van der Waals surface area contributed by atoms with Crippen molar-refractivity contribution < 1.29 is 4.74 Å². The summed E-state index contributed by atoms with van der Waals surface area (Å²) in [7, 11) is 0. The highest BCUT2D eigenvalue weighted by Crippen LogP contribution is 2.84. The molecule has 7 rings (SSSR count). The van der Waals surface area contributed by atoms with Crippen molar-refractivity contribution in [2.24, 2.45) is 17.3 Å². The molecule has 0 aromatic heterocycles. The Bertz CT molecular complexity index is 1130. The summed E-state index contributed by atoms with van der Waals surface area (Å²) in [6.07, 6.45) is 8.49. The van der Waals surface area contributed by atoms with Gasteiger partial charge in [-0.05, 0) is 47.4 Å². The van der Waals surface area contributed by atoms with E-state index in [2.05, 4.69) is 97.1 Å². The van der Waals surface area contributed by atoms with Crippen LogP contribution in [0.2, 0.25) is 0 Å². The Hall–Kier alpha value is -2.64. The monoisotopic (exact) mass is 376 g/mol. The predicted molar refractivity (Wildman–Crippen MR) is 114 cm³/mol. The number of ether oxygens (including phenoxy) is 1. The van der Waals surface area contributed by atoms with Crippen molar-refractivity contribution >= 4 is 0 Å². The average Bonchev–Trinajstić information content (AvgIpc) is 3.39. The molecular weight excluding hydrogens is 352 g/mol. The van der Waals surface area contributed by atoms with Gasteiger partial charge in [0.2, 0.25) is 0 Å². The van der Waals surface area contributed by atoms with Crippen LogP contribution in [0.25, 0.3) is 0 Å². The van der Waals surface area contributed by atoms with Gasteiger partial charge in [0, 0.05) is 11.3 Å². The molecule has 2 aliphatic carbocycles. The number of rotatable bonds is 2. The van der Waals surface area contributed by atoms with Crippen LogP contribution in [0.15, 0.2) is 97.1 Å². The van der Waals surface area contributed by atoms with Crippen LogP contribution < -0.4 is 0 Å². The Morgan fingerprint density at radius 1 is 0.724 bits per heavy atom. The van der Waals surface area contributed by atoms with Crippen LogP contribution in [-0.4, -0.2) is 0 Å². The topological polar surface area (TPSA) is 9.23 Å². The zero-order valence-corrected chi connectivity index (χ0v) is 16.4. The maximum absolute atomic E-state index is 7.50. The number of fused-ring (bicyclic) bond motifs is 6. The zero-order valence-electron chi connectivity index (χ0n) is 16.4. The van der Waals surface area contributed by atoms with E-state index in [9.17, 15) is 0 Å². The summed E-state index contributed by atoms with van der Waals surface area (Å²) in [5.74, 6) is 1.10. The third-order valence-corrected chi connectivity index (χ3v) is 8.22. The highest BCUT2D eigenvalue weighted by atomic mass is 16.5. The molecule has 1 heteroatoms. The van der Waals surface area contributed by atoms with Crippen molar-refractivity contribution in [1.29, 1.82) is 0 Å². The first kappa shape index (κ1) is 16.2. The minimum atomic E-state index is -0.356. The van der Waals surface area contributed by atoms with Crippen LogP contribution in [0.4, 0.5) is 0 Å². The molecule has 29 heavy (non-hydrogen) atoms. The van der Waals surface area contributed by atoms with Gasteiger partial charge < -0.3 is 4.74 Å². The van der Waals surface area contributed by atoms with Crippen LogP contribution in [0.1, 0.15) is 41.5 Å². The van der Waals surface area contributed by atoms with Crippen LogP contribution >= 0.6 is 0 Å². The first-order chi connectivity index (χ1) is 14.3. The molecule has 2 unspecified atom stereocenters. The first-order valence-corrected chi connectivity index (χ1v) is 10.9. The van der Waals surface area contributed by atoms with E-state index < -0.39 is 0 Å². The number of benzene rings is 3. The first-order valence-electron chi connectivity index (χ1n) is 10.9. The molecule has 3 aromatic carbocycles. The van der Waals surface area contributed by atoms with Gasteiger partial charge >= 0.3 is 0 Å². The third-order valence-electron chi connectivity index (χ3n) is 8.22. The van der Waals surface area contributed by atoms with Crippen molar-refractivity contribution in [3.8, 4) is 0 Å². The smallest absolute Gasteiger partial charge is 0.127 e. The number of allylic oxidation sites excluding steroid dienone is 2. The zero-order chi connectivity index (χ0) is 19.1. The molecule has 2 heterocycles. The molecule has 1 saturated heterocycles. The summed E-state index contributed by atoms with van der Waals surface area (Å²) < 4.78 is 7.50. The standard InChI is InChI=1S/C28H24O/c1-3-11-20(12-4-1)27-23-16-8-9-17-24(23)28(29-27,21-13-5-2-6-14-21)26-19-22(26)15-7-10-18-25(26)27/h1-9,11-17,22,25H,10,18-19H2/t22?,25-,26?,27-,28+/m1/s1. The molecule has 2 bridgehead atoms. The fourth-order valence-corrected chi connectivity index (χ4v) is 7.27. The molecule has 5 atom stereocenters. The van der Waals surface area contributed by atoms with Gasteiger partial charge in [-0.15, -0.1) is 0 Å². The molecule has 0 amide bonds. The molecule has 3 aromatic rings. The van der Waals surface area contributed by atoms with Gasteiger partial charge in [0.25, 0.3) is 0 Å². The minimum Gasteiger partial charge on any atom is -0.349 e. The summed E-state index contributed by atoms with van der Waals surface area (Å²) in [6, 6.07) is 31.1. The van der Waals surface area contributed by atoms with Crippen LogP contribution in [0.3, 0.4) is 0 Å². The summed E-state index contributed by atoms with van der Waals surface area (Å²) in [5, 5.41) is 0. The number of hydrogen-bond acceptors (Lipinski definition) is 1. The Morgan fingerprint density at radius 2 is 1.38 bits per heavy atom. The van der Waals surface area contributed by atoms with Gasteiger partial charge in [-0.3, -0.25) is 0 Å². The van der Waals surface area contributed by atoms with Gasteiger partial charge in [-0.2, -0.15) is 0 Å². The van der Waals surface area contributed by atoms with Crippen molar-refractivity contribution in [1.82, 2.24) is 0 Å². The number of hydrogen-bond donors (Lipinski definition) is 0. The molecule has 142 valence electrons. The molecule has 0 N–H and O–H groups in total. The van der Waals surface area contributed by atoms with Crippen LogP contribution in [0.5, 0.6) is 0 Å². The van der Waals surface area contributed by atoms with Gasteiger partial charge in [-0.1, -0.05) is 97.1 Å². The van der Waals surface area contributed by atoms with Crippen molar-refractivity contribution in [2.75, 3.05) is 0 Å². The Labute approximate surface area is 172 Å². The van der Waals surface area contributed by atoms with Crippen molar-refractivity contribution in [2.45, 2.75) is 30.5 Å². The Kier molecular flexibility index (Phi) is 2.95. The van der Waals surface area contributed by atoms with Crippen molar-refractivity contribution in [3.05, 3.63) is 119 Å².